The van der Waals surface area contributed by atoms with Crippen LogP contribution < -0.4 is 10.1 Å². The van der Waals surface area contributed by atoms with Crippen molar-refractivity contribution in [1.29, 1.82) is 0 Å². The first-order valence-electron chi connectivity index (χ1n) is 8.06. The molecule has 0 aliphatic rings. The van der Waals surface area contributed by atoms with E-state index in [0.717, 1.165) is 22.1 Å². The number of carboxylic acids is 1. The lowest BCUT2D eigenvalue weighted by Crippen LogP contribution is -2.40. The fourth-order valence-corrected chi connectivity index (χ4v) is 2.98. The summed E-state index contributed by atoms with van der Waals surface area (Å²) >= 11 is 0. The molecule has 0 bridgehead atoms. The second kappa shape index (κ2) is 7.47. The highest BCUT2D eigenvalue weighted by atomic mass is 16.5. The van der Waals surface area contributed by atoms with Crippen molar-refractivity contribution < 1.29 is 14.6 Å². The van der Waals surface area contributed by atoms with Gasteiger partial charge in [-0.05, 0) is 29.9 Å². The van der Waals surface area contributed by atoms with Gasteiger partial charge in [0, 0.05) is 18.5 Å². The minimum atomic E-state index is -0.727. The summed E-state index contributed by atoms with van der Waals surface area (Å²) in [6.07, 6.45) is 1.24. The third kappa shape index (κ3) is 3.48. The second-order valence-corrected chi connectivity index (χ2v) is 5.87. The number of fused-ring (bicyclic) bond motifs is 1. The number of hydrogen-bond acceptors (Lipinski definition) is 3. The maximum atomic E-state index is 11.6. The summed E-state index contributed by atoms with van der Waals surface area (Å²) in [7, 11) is 1.67. The van der Waals surface area contributed by atoms with Gasteiger partial charge in [-0.15, -0.1) is 0 Å². The van der Waals surface area contributed by atoms with Crippen molar-refractivity contribution >= 4 is 16.7 Å². The standard InChI is InChI=1S/C19H25NO3/c1-4-19(5-2,18(21)22)13-20-12-14-10-11-17(23-3)16-9-7-6-8-15(14)16/h6-11,20H,4-5,12-13H2,1-3H3,(H,21,22). The molecule has 0 aliphatic carbocycles. The van der Waals surface area contributed by atoms with Gasteiger partial charge in [-0.25, -0.2) is 0 Å². The van der Waals surface area contributed by atoms with Gasteiger partial charge in [-0.3, -0.25) is 4.79 Å². The summed E-state index contributed by atoms with van der Waals surface area (Å²) in [5, 5.41) is 15.0. The van der Waals surface area contributed by atoms with E-state index in [1.807, 2.05) is 44.2 Å². The summed E-state index contributed by atoms with van der Waals surface area (Å²) in [6, 6.07) is 12.1. The molecular formula is C19H25NO3. The average molecular weight is 315 g/mol. The third-order valence-corrected chi connectivity index (χ3v) is 4.78. The number of carboxylic acid groups (broad SMARTS) is 1. The van der Waals surface area contributed by atoms with Crippen molar-refractivity contribution in [2.24, 2.45) is 5.41 Å². The van der Waals surface area contributed by atoms with Crippen LogP contribution in [0.2, 0.25) is 0 Å². The highest BCUT2D eigenvalue weighted by molar-refractivity contribution is 5.91. The van der Waals surface area contributed by atoms with Crippen molar-refractivity contribution in [1.82, 2.24) is 5.32 Å². The van der Waals surface area contributed by atoms with Crippen LogP contribution in [0, 0.1) is 5.41 Å². The lowest BCUT2D eigenvalue weighted by atomic mass is 9.82. The number of nitrogens with one attached hydrogen (secondary N) is 1. The smallest absolute Gasteiger partial charge is 0.310 e. The van der Waals surface area contributed by atoms with E-state index in [4.69, 9.17) is 4.74 Å². The van der Waals surface area contributed by atoms with E-state index in [1.54, 1.807) is 7.11 Å². The highest BCUT2D eigenvalue weighted by Crippen LogP contribution is 2.29. The van der Waals surface area contributed by atoms with Gasteiger partial charge in [0.2, 0.25) is 0 Å². The van der Waals surface area contributed by atoms with Crippen molar-refractivity contribution in [3.8, 4) is 5.75 Å². The van der Waals surface area contributed by atoms with Crippen LogP contribution in [0.4, 0.5) is 0 Å². The maximum absolute atomic E-state index is 11.6. The molecule has 2 aromatic carbocycles. The van der Waals surface area contributed by atoms with Crippen molar-refractivity contribution in [2.45, 2.75) is 33.2 Å². The van der Waals surface area contributed by atoms with Gasteiger partial charge < -0.3 is 15.2 Å². The van der Waals surface area contributed by atoms with Gasteiger partial charge in [-0.1, -0.05) is 44.2 Å². The normalized spacial score (nSPS) is 11.6. The Hall–Kier alpha value is -2.07. The molecule has 4 nitrogen and oxygen atoms in total. The van der Waals surface area contributed by atoms with Crippen molar-refractivity contribution in [3.63, 3.8) is 0 Å². The molecule has 124 valence electrons. The molecule has 0 aromatic heterocycles. The largest absolute Gasteiger partial charge is 0.496 e. The van der Waals surface area contributed by atoms with Crippen LogP contribution in [-0.4, -0.2) is 24.7 Å². The molecule has 0 radical (unpaired) electrons. The zero-order chi connectivity index (χ0) is 16.9. The Balaban J connectivity index is 2.19. The zero-order valence-electron chi connectivity index (χ0n) is 14.1. The molecule has 0 spiro atoms. The SMILES string of the molecule is CCC(CC)(CNCc1ccc(OC)c2ccccc12)C(=O)O. The molecule has 0 saturated heterocycles. The van der Waals surface area contributed by atoms with Crippen LogP contribution in [0.5, 0.6) is 5.75 Å². The van der Waals surface area contributed by atoms with Gasteiger partial charge in [0.25, 0.3) is 0 Å². The molecule has 2 N–H and O–H groups in total. The number of benzene rings is 2. The maximum Gasteiger partial charge on any atom is 0.310 e. The number of hydrogen-bond donors (Lipinski definition) is 2. The number of methoxy groups -OCH3 is 1. The Morgan fingerprint density at radius 2 is 1.78 bits per heavy atom. The molecule has 0 fully saturated rings. The molecule has 0 saturated carbocycles. The Bertz CT molecular complexity index is 677. The first-order valence-corrected chi connectivity index (χ1v) is 8.06. The van der Waals surface area contributed by atoms with Crippen molar-refractivity contribution in [3.05, 3.63) is 42.0 Å². The molecule has 0 heterocycles. The number of rotatable bonds is 8. The monoisotopic (exact) mass is 315 g/mol. The molecule has 0 aliphatic heterocycles. The van der Waals surface area contributed by atoms with E-state index < -0.39 is 11.4 Å². The predicted octanol–water partition coefficient (Wildman–Crippen LogP) is 3.83. The first kappa shape index (κ1) is 17.3. The molecule has 0 unspecified atom stereocenters. The van der Waals surface area contributed by atoms with Gasteiger partial charge >= 0.3 is 5.97 Å². The topological polar surface area (TPSA) is 58.6 Å². The number of aliphatic carboxylic acids is 1. The predicted molar refractivity (Wildman–Crippen MR) is 92.9 cm³/mol. The van der Waals surface area contributed by atoms with E-state index in [1.165, 1.54) is 0 Å². The molecule has 2 rings (SSSR count). The van der Waals surface area contributed by atoms with E-state index in [0.29, 0.717) is 25.9 Å². The van der Waals surface area contributed by atoms with Gasteiger partial charge in [0.15, 0.2) is 0 Å². The molecule has 4 heteroatoms. The van der Waals surface area contributed by atoms with Crippen LogP contribution in [0.25, 0.3) is 10.8 Å². The summed E-state index contributed by atoms with van der Waals surface area (Å²) in [5.41, 5.74) is 0.454. The molecule has 23 heavy (non-hydrogen) atoms. The van der Waals surface area contributed by atoms with E-state index in [-0.39, 0.29) is 0 Å². The van der Waals surface area contributed by atoms with E-state index in [2.05, 4.69) is 11.4 Å². The van der Waals surface area contributed by atoms with Gasteiger partial charge in [-0.2, -0.15) is 0 Å². The first-order chi connectivity index (χ1) is 11.1. The Labute approximate surface area is 137 Å². The zero-order valence-corrected chi connectivity index (χ0v) is 14.1. The summed E-state index contributed by atoms with van der Waals surface area (Å²) in [6.45, 7) is 4.97. The van der Waals surface area contributed by atoms with Gasteiger partial charge in [0.1, 0.15) is 5.75 Å². The lowest BCUT2D eigenvalue weighted by molar-refractivity contribution is -0.149. The fraction of sp³-hybridized carbons (Fsp3) is 0.421. The van der Waals surface area contributed by atoms with Crippen LogP contribution >= 0.6 is 0 Å². The third-order valence-electron chi connectivity index (χ3n) is 4.78. The number of carbonyl (C=O) groups is 1. The van der Waals surface area contributed by atoms with E-state index >= 15 is 0 Å². The molecule has 2 aromatic rings. The molecule has 0 amide bonds. The summed E-state index contributed by atoms with van der Waals surface area (Å²) in [4.78, 5) is 11.6. The van der Waals surface area contributed by atoms with Crippen LogP contribution in [0.15, 0.2) is 36.4 Å². The average Bonchev–Trinajstić information content (AvgIpc) is 2.58. The Kier molecular flexibility index (Phi) is 5.61. The second-order valence-electron chi connectivity index (χ2n) is 5.87. The summed E-state index contributed by atoms with van der Waals surface area (Å²) in [5.74, 6) is 0.126. The molecule has 0 atom stereocenters. The summed E-state index contributed by atoms with van der Waals surface area (Å²) < 4.78 is 5.41. The number of ether oxygens (including phenoxy) is 1. The van der Waals surface area contributed by atoms with Crippen LogP contribution in [0.1, 0.15) is 32.3 Å². The van der Waals surface area contributed by atoms with E-state index in [9.17, 15) is 9.90 Å². The highest BCUT2D eigenvalue weighted by Gasteiger charge is 2.34. The van der Waals surface area contributed by atoms with Crippen LogP contribution in [0.3, 0.4) is 0 Å². The Morgan fingerprint density at radius 1 is 1.13 bits per heavy atom. The minimum Gasteiger partial charge on any atom is -0.496 e. The Morgan fingerprint density at radius 3 is 2.35 bits per heavy atom. The lowest BCUT2D eigenvalue weighted by Gasteiger charge is -2.27. The van der Waals surface area contributed by atoms with Crippen molar-refractivity contribution in [2.75, 3.05) is 13.7 Å². The molecular weight excluding hydrogens is 290 g/mol. The fourth-order valence-electron chi connectivity index (χ4n) is 2.98. The van der Waals surface area contributed by atoms with Crippen LogP contribution in [-0.2, 0) is 11.3 Å². The minimum absolute atomic E-state index is 0.468. The van der Waals surface area contributed by atoms with Gasteiger partial charge in [0.05, 0.1) is 12.5 Å². The quantitative estimate of drug-likeness (QED) is 0.777.